The number of aromatic nitrogens is 8. The number of nitrogen functional groups attached to an aromatic ring is 2. The van der Waals surface area contributed by atoms with E-state index in [4.69, 9.17) is 43.6 Å². The molecule has 7 rings (SSSR count). The van der Waals surface area contributed by atoms with Gasteiger partial charge in [0.05, 0.1) is 25.9 Å². The summed E-state index contributed by atoms with van der Waals surface area (Å²) in [4.78, 5) is 90.5. The Morgan fingerprint density at radius 2 is 1.33 bits per heavy atom. The molecule has 0 spiro atoms. The number of fused-ring (bicyclic) bond motifs is 4. The second-order valence-electron chi connectivity index (χ2n) is 10.6. The number of ether oxygens (including phenoxy) is 2. The van der Waals surface area contributed by atoms with Crippen LogP contribution in [0.5, 0.6) is 0 Å². The van der Waals surface area contributed by atoms with Crippen molar-refractivity contribution in [3.8, 4) is 0 Å². The van der Waals surface area contributed by atoms with Crippen LogP contribution in [0.1, 0.15) is 12.5 Å². The predicted octanol–water partition coefficient (Wildman–Crippen LogP) is -4.08. The first-order chi connectivity index (χ1) is 23.1. The van der Waals surface area contributed by atoms with Crippen molar-refractivity contribution in [1.82, 2.24) is 39.0 Å². The lowest BCUT2D eigenvalue weighted by atomic mass is 10.1. The number of aromatic amines is 2. The van der Waals surface area contributed by atoms with Crippen LogP contribution < -0.4 is 32.4 Å². The molecule has 3 aliphatic rings. The van der Waals surface area contributed by atoms with Gasteiger partial charge in [-0.1, -0.05) is 0 Å². The van der Waals surface area contributed by atoms with Crippen LogP contribution >= 0.6 is 24.2 Å². The number of rotatable bonds is 4. The minimum Gasteiger partial charge on any atom is -0.756 e. The quantitative estimate of drug-likeness (QED) is 0.0974. The molecule has 3 fully saturated rings. The van der Waals surface area contributed by atoms with Gasteiger partial charge in [-0.05, 0) is 0 Å². The number of aliphatic hydroxyl groups is 1. The standard InChI is InChI=1S/C20H25N10O16P3/c21-19-25-13-7(15(32)27-19)23-3-29(13)17-9(31)10-5(42-17)1-40-49(38,39)46-11-6(2-41-48(36,37)45-10)43-18(12(11)44-47(34)35)30-4-24-8-14(30)26-20(22)28-16(8)33/h3-6,9-12,17-18,31,34-35H,1-2H2,(H,36,37)(H,38,39)(H3,21,25,27,32)(H3,22,26,28,33)/p-2/t5-,6+,9?,10-,11-,12?,17+,18+/m0/s1. The zero-order valence-corrected chi connectivity index (χ0v) is 26.7. The summed E-state index contributed by atoms with van der Waals surface area (Å²) in [6, 6.07) is 0. The van der Waals surface area contributed by atoms with Crippen molar-refractivity contribution in [3.63, 3.8) is 0 Å². The molecule has 0 amide bonds. The zero-order chi connectivity index (χ0) is 35.0. The number of hydrogen-bond donors (Lipinski definition) is 7. The topological polar surface area (TPSA) is 385 Å². The van der Waals surface area contributed by atoms with E-state index in [0.717, 1.165) is 21.8 Å². The molecule has 10 atom stereocenters. The van der Waals surface area contributed by atoms with Crippen molar-refractivity contribution in [2.75, 3.05) is 24.7 Å². The lowest BCUT2D eigenvalue weighted by Gasteiger charge is -2.35. The molecule has 0 aliphatic carbocycles. The van der Waals surface area contributed by atoms with E-state index in [1.54, 1.807) is 0 Å². The number of anilines is 2. The minimum atomic E-state index is -5.48. The summed E-state index contributed by atoms with van der Waals surface area (Å²) in [6.45, 7) is -2.05. The normalized spacial score (nSPS) is 35.7. The molecule has 4 unspecified atom stereocenters. The van der Waals surface area contributed by atoms with Crippen molar-refractivity contribution >= 4 is 58.5 Å². The molecule has 0 bridgehead atoms. The van der Waals surface area contributed by atoms with Crippen LogP contribution in [0.15, 0.2) is 22.2 Å². The third kappa shape index (κ3) is 6.42. The van der Waals surface area contributed by atoms with Gasteiger partial charge < -0.3 is 68.2 Å². The lowest BCUT2D eigenvalue weighted by molar-refractivity contribution is -0.244. The Morgan fingerprint density at radius 3 is 1.86 bits per heavy atom. The van der Waals surface area contributed by atoms with Crippen molar-refractivity contribution in [2.45, 2.75) is 49.1 Å². The molecule has 0 saturated carbocycles. The molecule has 7 heterocycles. The first kappa shape index (κ1) is 34.2. The zero-order valence-electron chi connectivity index (χ0n) is 24.0. The van der Waals surface area contributed by atoms with Crippen LogP contribution in [0.4, 0.5) is 11.9 Å². The highest BCUT2D eigenvalue weighted by molar-refractivity contribution is 7.46. The molecule has 0 aromatic carbocycles. The molecule has 0 radical (unpaired) electrons. The highest BCUT2D eigenvalue weighted by Gasteiger charge is 2.53. The minimum absolute atomic E-state index is 0.172. The molecule has 29 heteroatoms. The van der Waals surface area contributed by atoms with E-state index < -0.39 is 97.7 Å². The number of H-pyrrole nitrogens is 2. The Labute approximate surface area is 270 Å². The summed E-state index contributed by atoms with van der Waals surface area (Å²) < 4.78 is 65.4. The van der Waals surface area contributed by atoms with E-state index in [-0.39, 0.29) is 34.2 Å². The number of phosphoric acid groups is 2. The van der Waals surface area contributed by atoms with E-state index in [9.17, 15) is 43.4 Å². The largest absolute Gasteiger partial charge is 0.756 e. The van der Waals surface area contributed by atoms with Crippen molar-refractivity contribution < 1.29 is 65.9 Å². The molecule has 49 heavy (non-hydrogen) atoms. The summed E-state index contributed by atoms with van der Waals surface area (Å²) in [5, 5.41) is 11.1. The number of phosphoric ester groups is 2. The van der Waals surface area contributed by atoms with E-state index in [0.29, 0.717) is 0 Å². The van der Waals surface area contributed by atoms with Crippen LogP contribution in [-0.2, 0) is 41.2 Å². The van der Waals surface area contributed by atoms with Gasteiger partial charge in [0.2, 0.25) is 11.9 Å². The Kier molecular flexibility index (Phi) is 8.71. The smallest absolute Gasteiger partial charge is 0.327 e. The molecule has 4 aromatic heterocycles. The molecule has 266 valence electrons. The lowest BCUT2D eigenvalue weighted by Crippen LogP contribution is -2.41. The van der Waals surface area contributed by atoms with Gasteiger partial charge in [-0.15, -0.1) is 0 Å². The number of nitrogens with one attached hydrogen (secondary N) is 2. The fourth-order valence-corrected chi connectivity index (χ4v) is 7.91. The summed E-state index contributed by atoms with van der Waals surface area (Å²) in [5.74, 6) is -0.663. The summed E-state index contributed by atoms with van der Waals surface area (Å²) in [5.41, 5.74) is 8.93. The van der Waals surface area contributed by atoms with Gasteiger partial charge in [-0.2, -0.15) is 9.97 Å². The maximum absolute atomic E-state index is 13.2. The SMILES string of the molecule is Nc1nc2c(ncn2[C@@H]2O[C@H]3COP(=O)([O-])O[C@@H]4C(OP(O)O)[C@H](n5cnc6c(=O)[nH]c(N)nc65)O[C@@H]4COP(=O)([O-])O[C@@H]3C2O)c(=O)[nH]1. The van der Waals surface area contributed by atoms with Gasteiger partial charge in [-0.25, -0.2) is 9.97 Å². The maximum Gasteiger partial charge on any atom is 0.327 e. The molecular formula is C20H23N10O16P3-2. The van der Waals surface area contributed by atoms with E-state index in [2.05, 4.69) is 29.9 Å². The molecule has 9 N–H and O–H groups in total. The Morgan fingerprint density at radius 1 is 0.857 bits per heavy atom. The first-order valence-electron chi connectivity index (χ1n) is 13.7. The van der Waals surface area contributed by atoms with Gasteiger partial charge in [0, 0.05) is 0 Å². The van der Waals surface area contributed by atoms with E-state index in [1.165, 1.54) is 0 Å². The second kappa shape index (κ2) is 12.5. The predicted molar refractivity (Wildman–Crippen MR) is 152 cm³/mol. The maximum atomic E-state index is 13.2. The fourth-order valence-electron chi connectivity index (χ4n) is 5.58. The monoisotopic (exact) mass is 752 g/mol. The van der Waals surface area contributed by atoms with Crippen LogP contribution in [0.25, 0.3) is 22.3 Å². The summed E-state index contributed by atoms with van der Waals surface area (Å²) in [7, 11) is -14.2. The first-order valence-corrected chi connectivity index (χ1v) is 17.8. The highest BCUT2D eigenvalue weighted by atomic mass is 31.2. The second-order valence-corrected chi connectivity index (χ2v) is 14.1. The summed E-state index contributed by atoms with van der Waals surface area (Å²) in [6.07, 6.45) is -11.9. The van der Waals surface area contributed by atoms with Crippen LogP contribution in [0.3, 0.4) is 0 Å². The number of aliphatic hydroxyl groups excluding tert-OH is 1. The molecular weight excluding hydrogens is 729 g/mol. The average Bonchev–Trinajstić information content (AvgIpc) is 3.76. The fraction of sp³-hybridized carbons (Fsp3) is 0.500. The number of nitrogens with zero attached hydrogens (tertiary/aromatic N) is 6. The van der Waals surface area contributed by atoms with Gasteiger partial charge in [-0.3, -0.25) is 37.8 Å². The third-order valence-electron chi connectivity index (χ3n) is 7.56. The van der Waals surface area contributed by atoms with Crippen LogP contribution in [0, 0.1) is 0 Å². The van der Waals surface area contributed by atoms with Crippen molar-refractivity contribution in [3.05, 3.63) is 33.4 Å². The van der Waals surface area contributed by atoms with Gasteiger partial charge in [0.25, 0.3) is 26.8 Å². The van der Waals surface area contributed by atoms with Gasteiger partial charge >= 0.3 is 8.60 Å². The van der Waals surface area contributed by atoms with E-state index in [1.807, 2.05) is 0 Å². The Balaban J connectivity index is 1.21. The average molecular weight is 752 g/mol. The van der Waals surface area contributed by atoms with Crippen LogP contribution in [0.2, 0.25) is 0 Å². The van der Waals surface area contributed by atoms with E-state index >= 15 is 0 Å². The number of hydrogen-bond acceptors (Lipinski definition) is 22. The van der Waals surface area contributed by atoms with Gasteiger partial charge in [0.15, 0.2) is 34.8 Å². The Bertz CT molecular complexity index is 2120. The number of nitrogens with two attached hydrogens (primary N) is 2. The number of imidazole rings is 2. The van der Waals surface area contributed by atoms with Crippen LogP contribution in [-0.4, -0.2) is 104 Å². The van der Waals surface area contributed by atoms with Crippen molar-refractivity contribution in [1.29, 1.82) is 0 Å². The molecule has 4 aromatic rings. The summed E-state index contributed by atoms with van der Waals surface area (Å²) >= 11 is 0. The van der Waals surface area contributed by atoms with Crippen molar-refractivity contribution in [2.24, 2.45) is 0 Å². The Hall–Kier alpha value is -3.29. The highest BCUT2D eigenvalue weighted by Crippen LogP contribution is 2.52. The van der Waals surface area contributed by atoms with Gasteiger partial charge in [0.1, 0.15) is 36.6 Å². The molecule has 3 aliphatic heterocycles. The third-order valence-corrected chi connectivity index (χ3v) is 9.92. The molecule has 26 nitrogen and oxygen atoms in total. The molecule has 3 saturated heterocycles.